The number of benzene rings is 1. The summed E-state index contributed by atoms with van der Waals surface area (Å²) in [6.07, 6.45) is 3.12. The molecule has 0 saturated carbocycles. The zero-order valence-electron chi connectivity index (χ0n) is 10.2. The van der Waals surface area contributed by atoms with E-state index in [0.717, 1.165) is 23.1 Å². The van der Waals surface area contributed by atoms with Crippen molar-refractivity contribution in [3.8, 4) is 0 Å². The molecular formula is C13H15Cl2IN2O. The minimum Gasteiger partial charge on any atom is -0.348 e. The number of carbonyl (C=O) groups excluding carboxylic acids is 1. The zero-order valence-corrected chi connectivity index (χ0v) is 13.9. The van der Waals surface area contributed by atoms with Gasteiger partial charge in [0, 0.05) is 22.2 Å². The first-order chi connectivity index (χ1) is 8.66. The third kappa shape index (κ3) is 4.95. The molecule has 0 atom stereocenters. The normalized spacial score (nSPS) is 14.3. The first-order valence-corrected chi connectivity index (χ1v) is 7.24. The Kier molecular flexibility index (Phi) is 7.13. The van der Waals surface area contributed by atoms with Gasteiger partial charge in [-0.05, 0) is 53.8 Å². The molecule has 6 heteroatoms. The molecule has 19 heavy (non-hydrogen) atoms. The fourth-order valence-electron chi connectivity index (χ4n) is 1.76. The molecule has 1 heterocycles. The van der Waals surface area contributed by atoms with Crippen LogP contribution in [0.15, 0.2) is 29.8 Å². The maximum Gasteiger partial charge on any atom is 0.251 e. The summed E-state index contributed by atoms with van der Waals surface area (Å²) >= 11 is 8.14. The highest BCUT2D eigenvalue weighted by Gasteiger charge is 2.09. The maximum absolute atomic E-state index is 11.9. The van der Waals surface area contributed by atoms with Gasteiger partial charge in [0.15, 0.2) is 0 Å². The van der Waals surface area contributed by atoms with Crippen LogP contribution in [0.4, 0.5) is 0 Å². The SMILES string of the molecule is Cl.O=C(NCC1=CCNCC1)c1ccc(I)c(Cl)c1. The molecule has 104 valence electrons. The molecule has 2 N–H and O–H groups in total. The van der Waals surface area contributed by atoms with Crippen LogP contribution in [0.5, 0.6) is 0 Å². The highest BCUT2D eigenvalue weighted by molar-refractivity contribution is 14.1. The van der Waals surface area contributed by atoms with E-state index in [1.807, 2.05) is 6.07 Å². The summed E-state index contributed by atoms with van der Waals surface area (Å²) in [5, 5.41) is 6.77. The van der Waals surface area contributed by atoms with Crippen LogP contribution in [0.2, 0.25) is 5.02 Å². The molecule has 2 rings (SSSR count). The Morgan fingerprint density at radius 1 is 1.47 bits per heavy atom. The van der Waals surface area contributed by atoms with Gasteiger partial charge in [-0.3, -0.25) is 4.79 Å². The molecule has 0 bridgehead atoms. The second-order valence-electron chi connectivity index (χ2n) is 4.13. The number of halogens is 3. The summed E-state index contributed by atoms with van der Waals surface area (Å²) in [4.78, 5) is 11.9. The van der Waals surface area contributed by atoms with Crippen LogP contribution in [-0.2, 0) is 0 Å². The van der Waals surface area contributed by atoms with Crippen molar-refractivity contribution in [1.29, 1.82) is 0 Å². The van der Waals surface area contributed by atoms with Crippen LogP contribution >= 0.6 is 46.6 Å². The van der Waals surface area contributed by atoms with Gasteiger partial charge < -0.3 is 10.6 Å². The molecule has 1 aliphatic heterocycles. The molecular weight excluding hydrogens is 398 g/mol. The molecule has 0 spiro atoms. The second kappa shape index (κ2) is 8.09. The predicted octanol–water partition coefficient (Wildman–Crippen LogP) is 3.02. The summed E-state index contributed by atoms with van der Waals surface area (Å²) in [5.74, 6) is -0.0762. The highest BCUT2D eigenvalue weighted by Crippen LogP contribution is 2.19. The van der Waals surface area contributed by atoms with Crippen LogP contribution in [0.3, 0.4) is 0 Å². The summed E-state index contributed by atoms with van der Waals surface area (Å²) < 4.78 is 0.951. The Labute approximate surface area is 137 Å². The van der Waals surface area contributed by atoms with Crippen molar-refractivity contribution >= 4 is 52.5 Å². The Morgan fingerprint density at radius 2 is 2.26 bits per heavy atom. The second-order valence-corrected chi connectivity index (χ2v) is 5.70. The molecule has 0 saturated heterocycles. The predicted molar refractivity (Wildman–Crippen MR) is 89.3 cm³/mol. The van der Waals surface area contributed by atoms with Gasteiger partial charge in [0.2, 0.25) is 0 Å². The summed E-state index contributed by atoms with van der Waals surface area (Å²) in [6.45, 7) is 2.49. The van der Waals surface area contributed by atoms with E-state index in [2.05, 4.69) is 39.3 Å². The molecule has 0 aromatic heterocycles. The number of rotatable bonds is 3. The van der Waals surface area contributed by atoms with E-state index in [-0.39, 0.29) is 18.3 Å². The van der Waals surface area contributed by atoms with Crippen molar-refractivity contribution in [3.05, 3.63) is 44.0 Å². The Morgan fingerprint density at radius 3 is 2.89 bits per heavy atom. The van der Waals surface area contributed by atoms with Gasteiger partial charge in [0.05, 0.1) is 5.02 Å². The van der Waals surface area contributed by atoms with E-state index in [1.165, 1.54) is 5.57 Å². The van der Waals surface area contributed by atoms with Crippen molar-refractivity contribution in [3.63, 3.8) is 0 Å². The van der Waals surface area contributed by atoms with E-state index in [0.29, 0.717) is 17.1 Å². The summed E-state index contributed by atoms with van der Waals surface area (Å²) in [6, 6.07) is 5.34. The number of carbonyl (C=O) groups is 1. The van der Waals surface area contributed by atoms with Crippen molar-refractivity contribution in [1.82, 2.24) is 10.6 Å². The number of hydrogen-bond donors (Lipinski definition) is 2. The Balaban J connectivity index is 0.00000180. The van der Waals surface area contributed by atoms with Gasteiger partial charge in [0.25, 0.3) is 5.91 Å². The average Bonchev–Trinajstić information content (AvgIpc) is 2.40. The van der Waals surface area contributed by atoms with Crippen LogP contribution in [0.1, 0.15) is 16.8 Å². The van der Waals surface area contributed by atoms with Crippen LogP contribution in [0, 0.1) is 3.57 Å². The molecule has 1 aromatic rings. The molecule has 0 radical (unpaired) electrons. The Hall–Kier alpha value is -0.300. The molecule has 1 aliphatic rings. The maximum atomic E-state index is 11.9. The van der Waals surface area contributed by atoms with Gasteiger partial charge in [0.1, 0.15) is 0 Å². The lowest BCUT2D eigenvalue weighted by Crippen LogP contribution is -2.29. The van der Waals surface area contributed by atoms with E-state index in [1.54, 1.807) is 12.1 Å². The first-order valence-electron chi connectivity index (χ1n) is 5.78. The lowest BCUT2D eigenvalue weighted by molar-refractivity contribution is 0.0956. The Bertz CT molecular complexity index is 492. The van der Waals surface area contributed by atoms with Gasteiger partial charge in [-0.15, -0.1) is 12.4 Å². The van der Waals surface area contributed by atoms with Crippen LogP contribution in [0.25, 0.3) is 0 Å². The first kappa shape index (κ1) is 16.8. The molecule has 1 amide bonds. The van der Waals surface area contributed by atoms with E-state index < -0.39 is 0 Å². The van der Waals surface area contributed by atoms with Gasteiger partial charge in [-0.1, -0.05) is 23.3 Å². The van der Waals surface area contributed by atoms with E-state index >= 15 is 0 Å². The van der Waals surface area contributed by atoms with Gasteiger partial charge >= 0.3 is 0 Å². The molecule has 0 unspecified atom stereocenters. The smallest absolute Gasteiger partial charge is 0.251 e. The number of nitrogens with one attached hydrogen (secondary N) is 2. The zero-order chi connectivity index (χ0) is 13.0. The number of amides is 1. The third-order valence-electron chi connectivity index (χ3n) is 2.82. The molecule has 3 nitrogen and oxygen atoms in total. The molecule has 0 fully saturated rings. The van der Waals surface area contributed by atoms with Crippen molar-refractivity contribution in [2.45, 2.75) is 6.42 Å². The summed E-state index contributed by atoms with van der Waals surface area (Å²) in [5.41, 5.74) is 1.88. The van der Waals surface area contributed by atoms with Gasteiger partial charge in [-0.25, -0.2) is 0 Å². The van der Waals surface area contributed by atoms with Crippen molar-refractivity contribution in [2.75, 3.05) is 19.6 Å². The van der Waals surface area contributed by atoms with Crippen molar-refractivity contribution < 1.29 is 4.79 Å². The fraction of sp³-hybridized carbons (Fsp3) is 0.308. The average molecular weight is 413 g/mol. The lowest BCUT2D eigenvalue weighted by Gasteiger charge is -2.14. The van der Waals surface area contributed by atoms with Crippen LogP contribution in [-0.4, -0.2) is 25.5 Å². The highest BCUT2D eigenvalue weighted by atomic mass is 127. The minimum atomic E-state index is -0.0762. The summed E-state index contributed by atoms with van der Waals surface area (Å²) in [7, 11) is 0. The molecule has 0 aliphatic carbocycles. The van der Waals surface area contributed by atoms with Crippen LogP contribution < -0.4 is 10.6 Å². The standard InChI is InChI=1S/C13H14ClIN2O.ClH/c14-11-7-10(1-2-12(11)15)13(18)17-8-9-3-5-16-6-4-9;/h1-3,7,16H,4-6,8H2,(H,17,18);1H. The monoisotopic (exact) mass is 412 g/mol. The minimum absolute atomic E-state index is 0. The fourth-order valence-corrected chi connectivity index (χ4v) is 2.28. The molecule has 1 aromatic carbocycles. The van der Waals surface area contributed by atoms with Gasteiger partial charge in [-0.2, -0.15) is 0 Å². The number of hydrogen-bond acceptors (Lipinski definition) is 2. The van der Waals surface area contributed by atoms with E-state index in [9.17, 15) is 4.79 Å². The quantitative estimate of drug-likeness (QED) is 0.591. The lowest BCUT2D eigenvalue weighted by atomic mass is 10.1. The van der Waals surface area contributed by atoms with E-state index in [4.69, 9.17) is 11.6 Å². The topological polar surface area (TPSA) is 41.1 Å². The van der Waals surface area contributed by atoms with Crippen molar-refractivity contribution in [2.24, 2.45) is 0 Å². The largest absolute Gasteiger partial charge is 0.348 e. The third-order valence-corrected chi connectivity index (χ3v) is 4.39.